The van der Waals surface area contributed by atoms with Crippen LogP contribution in [0, 0.1) is 13.8 Å². The van der Waals surface area contributed by atoms with E-state index in [1.807, 2.05) is 52.8 Å². The molecule has 1 unspecified atom stereocenters. The summed E-state index contributed by atoms with van der Waals surface area (Å²) in [6, 6.07) is 5.90. The van der Waals surface area contributed by atoms with E-state index in [0.29, 0.717) is 6.42 Å². The zero-order chi connectivity index (χ0) is 14.6. The van der Waals surface area contributed by atoms with E-state index in [1.165, 1.54) is 11.1 Å². The zero-order valence-electron chi connectivity index (χ0n) is 12.8. The van der Waals surface area contributed by atoms with Crippen molar-refractivity contribution >= 4 is 5.91 Å². The van der Waals surface area contributed by atoms with Gasteiger partial charge in [0.1, 0.15) is 5.75 Å². The largest absolute Gasteiger partial charge is 0.481 e. The second-order valence-corrected chi connectivity index (χ2v) is 6.00. The van der Waals surface area contributed by atoms with E-state index in [4.69, 9.17) is 4.74 Å². The van der Waals surface area contributed by atoms with Gasteiger partial charge in [-0.15, -0.1) is 0 Å². The smallest absolute Gasteiger partial charge is 0.261 e. The number of carbonyl (C=O) groups is 1. The lowest BCUT2D eigenvalue weighted by atomic mass is 10.1. The van der Waals surface area contributed by atoms with Gasteiger partial charge in [-0.2, -0.15) is 0 Å². The third kappa shape index (κ3) is 4.93. The van der Waals surface area contributed by atoms with Crippen molar-refractivity contribution in [1.82, 2.24) is 5.32 Å². The number of hydrogen-bond acceptors (Lipinski definition) is 2. The molecule has 0 spiro atoms. The number of carbonyl (C=O) groups excluding carboxylic acids is 1. The van der Waals surface area contributed by atoms with Crippen molar-refractivity contribution < 1.29 is 9.53 Å². The summed E-state index contributed by atoms with van der Waals surface area (Å²) in [4.78, 5) is 12.1. The van der Waals surface area contributed by atoms with Crippen molar-refractivity contribution in [2.24, 2.45) is 0 Å². The number of hydrogen-bond donors (Lipinski definition) is 1. The van der Waals surface area contributed by atoms with E-state index in [-0.39, 0.29) is 11.4 Å². The van der Waals surface area contributed by atoms with Crippen LogP contribution in [-0.2, 0) is 4.79 Å². The van der Waals surface area contributed by atoms with Gasteiger partial charge in [0.25, 0.3) is 5.91 Å². The van der Waals surface area contributed by atoms with Crippen molar-refractivity contribution in [2.45, 2.75) is 59.6 Å². The summed E-state index contributed by atoms with van der Waals surface area (Å²) >= 11 is 0. The Hall–Kier alpha value is -1.51. The molecule has 0 aromatic heterocycles. The lowest BCUT2D eigenvalue weighted by Crippen LogP contribution is -2.47. The van der Waals surface area contributed by atoms with Crippen molar-refractivity contribution in [3.63, 3.8) is 0 Å². The van der Waals surface area contributed by atoms with Crippen LogP contribution < -0.4 is 10.1 Å². The molecule has 0 saturated carbocycles. The minimum absolute atomic E-state index is 0.0618. The number of aryl methyl sites for hydroxylation is 2. The van der Waals surface area contributed by atoms with E-state index >= 15 is 0 Å². The van der Waals surface area contributed by atoms with E-state index in [2.05, 4.69) is 12.2 Å². The predicted molar refractivity (Wildman–Crippen MR) is 78.5 cm³/mol. The Balaban J connectivity index is 2.76. The Morgan fingerprint density at radius 3 is 2.37 bits per heavy atom. The maximum absolute atomic E-state index is 12.1. The number of rotatable bonds is 4. The van der Waals surface area contributed by atoms with Crippen molar-refractivity contribution in [3.05, 3.63) is 29.3 Å². The molecule has 0 bridgehead atoms. The van der Waals surface area contributed by atoms with Crippen LogP contribution in [-0.4, -0.2) is 17.6 Å². The monoisotopic (exact) mass is 263 g/mol. The quantitative estimate of drug-likeness (QED) is 0.904. The summed E-state index contributed by atoms with van der Waals surface area (Å²) in [5.41, 5.74) is 2.15. The van der Waals surface area contributed by atoms with E-state index in [1.54, 1.807) is 0 Å². The Morgan fingerprint density at radius 1 is 1.26 bits per heavy atom. The highest BCUT2D eigenvalue weighted by molar-refractivity contribution is 5.81. The van der Waals surface area contributed by atoms with Gasteiger partial charge in [0.15, 0.2) is 6.10 Å². The first kappa shape index (κ1) is 15.5. The van der Waals surface area contributed by atoms with E-state index in [0.717, 1.165) is 5.75 Å². The molecule has 1 aromatic carbocycles. The first-order valence-corrected chi connectivity index (χ1v) is 6.79. The minimum atomic E-state index is -0.443. The summed E-state index contributed by atoms with van der Waals surface area (Å²) in [7, 11) is 0. The molecule has 0 aliphatic carbocycles. The van der Waals surface area contributed by atoms with Crippen LogP contribution in [0.25, 0.3) is 0 Å². The van der Waals surface area contributed by atoms with Gasteiger partial charge in [0, 0.05) is 5.54 Å². The number of nitrogens with one attached hydrogen (secondary N) is 1. The second kappa shape index (κ2) is 6.09. The van der Waals surface area contributed by atoms with Crippen LogP contribution in [0.3, 0.4) is 0 Å². The molecule has 3 heteroatoms. The fourth-order valence-corrected chi connectivity index (χ4v) is 1.72. The first-order valence-electron chi connectivity index (χ1n) is 6.79. The van der Waals surface area contributed by atoms with Crippen molar-refractivity contribution in [1.29, 1.82) is 0 Å². The molecule has 1 N–H and O–H groups in total. The van der Waals surface area contributed by atoms with Gasteiger partial charge in [-0.1, -0.05) is 13.0 Å². The SMILES string of the molecule is CCC(Oc1ccc(C)c(C)c1)C(=O)NC(C)(C)C. The van der Waals surface area contributed by atoms with Gasteiger partial charge in [-0.3, -0.25) is 4.79 Å². The van der Waals surface area contributed by atoms with E-state index < -0.39 is 6.10 Å². The van der Waals surface area contributed by atoms with Crippen molar-refractivity contribution in [2.75, 3.05) is 0 Å². The number of amides is 1. The molecule has 0 saturated heterocycles. The Bertz CT molecular complexity index is 447. The highest BCUT2D eigenvalue weighted by atomic mass is 16.5. The molecule has 19 heavy (non-hydrogen) atoms. The molecule has 106 valence electrons. The molecular weight excluding hydrogens is 238 g/mol. The molecule has 1 rings (SSSR count). The summed E-state index contributed by atoms with van der Waals surface area (Å²) in [5.74, 6) is 0.687. The van der Waals surface area contributed by atoms with E-state index in [9.17, 15) is 4.79 Å². The first-order chi connectivity index (χ1) is 8.73. The standard InChI is InChI=1S/C16H25NO2/c1-7-14(15(18)17-16(4,5)6)19-13-9-8-11(2)12(3)10-13/h8-10,14H,7H2,1-6H3,(H,17,18). The molecule has 0 aliphatic rings. The van der Waals surface area contributed by atoms with Crippen LogP contribution in [0.1, 0.15) is 45.2 Å². The number of ether oxygens (including phenoxy) is 1. The van der Waals surface area contributed by atoms with Crippen LogP contribution in [0.4, 0.5) is 0 Å². The molecule has 3 nitrogen and oxygen atoms in total. The summed E-state index contributed by atoms with van der Waals surface area (Å²) in [6.45, 7) is 11.9. The Labute approximate surface area is 116 Å². The summed E-state index contributed by atoms with van der Waals surface area (Å²) < 4.78 is 5.80. The van der Waals surface area contributed by atoms with Gasteiger partial charge < -0.3 is 10.1 Å². The molecule has 0 heterocycles. The molecule has 1 atom stereocenters. The van der Waals surface area contributed by atoms with Crippen LogP contribution in [0.5, 0.6) is 5.75 Å². The maximum Gasteiger partial charge on any atom is 0.261 e. The maximum atomic E-state index is 12.1. The highest BCUT2D eigenvalue weighted by Crippen LogP contribution is 2.18. The van der Waals surface area contributed by atoms with Crippen LogP contribution in [0.15, 0.2) is 18.2 Å². The fourth-order valence-electron chi connectivity index (χ4n) is 1.72. The molecule has 0 aliphatic heterocycles. The average molecular weight is 263 g/mol. The Kier molecular flexibility index (Phi) is 4.98. The lowest BCUT2D eigenvalue weighted by Gasteiger charge is -2.25. The zero-order valence-corrected chi connectivity index (χ0v) is 12.8. The fraction of sp³-hybridized carbons (Fsp3) is 0.562. The third-order valence-electron chi connectivity index (χ3n) is 2.92. The second-order valence-electron chi connectivity index (χ2n) is 6.00. The van der Waals surface area contributed by atoms with Gasteiger partial charge in [0.2, 0.25) is 0 Å². The summed E-state index contributed by atoms with van der Waals surface area (Å²) in [5, 5.41) is 2.95. The molecule has 1 aromatic rings. The minimum Gasteiger partial charge on any atom is -0.481 e. The topological polar surface area (TPSA) is 38.3 Å². The van der Waals surface area contributed by atoms with Crippen LogP contribution >= 0.6 is 0 Å². The summed E-state index contributed by atoms with van der Waals surface area (Å²) in [6.07, 6.45) is 0.204. The normalized spacial score (nSPS) is 12.9. The van der Waals surface area contributed by atoms with Gasteiger partial charge >= 0.3 is 0 Å². The van der Waals surface area contributed by atoms with Gasteiger partial charge in [0.05, 0.1) is 0 Å². The molecule has 0 fully saturated rings. The molecule has 1 amide bonds. The van der Waals surface area contributed by atoms with Crippen molar-refractivity contribution in [3.8, 4) is 5.75 Å². The highest BCUT2D eigenvalue weighted by Gasteiger charge is 2.23. The third-order valence-corrected chi connectivity index (χ3v) is 2.92. The molecule has 0 radical (unpaired) electrons. The lowest BCUT2D eigenvalue weighted by molar-refractivity contribution is -0.129. The predicted octanol–water partition coefficient (Wildman–Crippen LogP) is 3.38. The Morgan fingerprint density at radius 2 is 1.89 bits per heavy atom. The van der Waals surface area contributed by atoms with Crippen LogP contribution in [0.2, 0.25) is 0 Å². The average Bonchev–Trinajstić information content (AvgIpc) is 2.28. The molecular formula is C16H25NO2. The van der Waals surface area contributed by atoms with Gasteiger partial charge in [-0.25, -0.2) is 0 Å². The van der Waals surface area contributed by atoms with Gasteiger partial charge in [-0.05, 0) is 64.3 Å². The number of benzene rings is 1.